The molecule has 1 aromatic carbocycles. The van der Waals surface area contributed by atoms with Gasteiger partial charge in [0.25, 0.3) is 0 Å². The quantitative estimate of drug-likeness (QED) is 0.807. The number of carboxylic acid groups (broad SMARTS) is 1. The van der Waals surface area contributed by atoms with Gasteiger partial charge in [0.2, 0.25) is 0 Å². The van der Waals surface area contributed by atoms with Gasteiger partial charge in [0.1, 0.15) is 0 Å². The Morgan fingerprint density at radius 1 is 1.10 bits per heavy atom. The topological polar surface area (TPSA) is 63.3 Å². The van der Waals surface area contributed by atoms with E-state index in [1.807, 2.05) is 24.3 Å². The molecule has 3 rings (SSSR count). The Hall–Kier alpha value is -1.51. The average molecular weight is 273 g/mol. The molecular formula is C17H23NO2. The highest BCUT2D eigenvalue weighted by Gasteiger charge is 2.59. The number of rotatable bonds is 2. The van der Waals surface area contributed by atoms with Crippen LogP contribution in [0.2, 0.25) is 0 Å². The van der Waals surface area contributed by atoms with E-state index in [0.717, 1.165) is 18.4 Å². The fourth-order valence-corrected chi connectivity index (χ4v) is 4.38. The zero-order chi connectivity index (χ0) is 14.2. The van der Waals surface area contributed by atoms with Crippen LogP contribution < -0.4 is 5.73 Å². The van der Waals surface area contributed by atoms with E-state index in [-0.39, 0.29) is 5.41 Å². The highest BCUT2D eigenvalue weighted by molar-refractivity contribution is 5.83. The minimum Gasteiger partial charge on any atom is -0.481 e. The Balaban J connectivity index is 1.88. The normalized spacial score (nSPS) is 23.8. The molecule has 108 valence electrons. The molecule has 0 heterocycles. The Kier molecular flexibility index (Phi) is 3.23. The van der Waals surface area contributed by atoms with E-state index in [9.17, 15) is 9.90 Å². The number of hydrogen-bond donors (Lipinski definition) is 2. The Morgan fingerprint density at radius 2 is 1.75 bits per heavy atom. The van der Waals surface area contributed by atoms with Crippen LogP contribution in [-0.4, -0.2) is 11.1 Å². The molecule has 0 radical (unpaired) electrons. The lowest BCUT2D eigenvalue weighted by Crippen LogP contribution is -2.54. The van der Waals surface area contributed by atoms with Crippen molar-refractivity contribution < 1.29 is 9.90 Å². The van der Waals surface area contributed by atoms with Crippen molar-refractivity contribution in [2.24, 2.45) is 5.41 Å². The lowest BCUT2D eigenvalue weighted by molar-refractivity contribution is -0.155. The molecule has 0 aromatic heterocycles. The number of aliphatic carboxylic acids is 1. The smallest absolute Gasteiger partial charge is 0.314 e. The molecule has 3 nitrogen and oxygen atoms in total. The van der Waals surface area contributed by atoms with Crippen molar-refractivity contribution in [3.8, 4) is 0 Å². The standard InChI is InChI=1S/C17H23NO2/c18-14-7-5-6-13(10-14)17(15(19)20)11-16(12-17)8-3-1-2-4-9-16/h5-7,10H,1-4,8-9,11-12,18H2,(H,19,20). The lowest BCUT2D eigenvalue weighted by atomic mass is 9.48. The predicted molar refractivity (Wildman–Crippen MR) is 79.5 cm³/mol. The number of hydrogen-bond acceptors (Lipinski definition) is 2. The zero-order valence-corrected chi connectivity index (χ0v) is 11.9. The highest BCUT2D eigenvalue weighted by atomic mass is 16.4. The van der Waals surface area contributed by atoms with Gasteiger partial charge in [-0.25, -0.2) is 0 Å². The summed E-state index contributed by atoms with van der Waals surface area (Å²) in [7, 11) is 0. The van der Waals surface area contributed by atoms with Gasteiger partial charge in [-0.1, -0.05) is 37.8 Å². The van der Waals surface area contributed by atoms with Gasteiger partial charge in [0.15, 0.2) is 0 Å². The third-order valence-corrected chi connectivity index (χ3v) is 5.37. The molecule has 1 spiro atoms. The van der Waals surface area contributed by atoms with Crippen molar-refractivity contribution in [2.75, 3.05) is 5.73 Å². The van der Waals surface area contributed by atoms with Crippen LogP contribution in [0.25, 0.3) is 0 Å². The molecule has 2 aliphatic carbocycles. The van der Waals surface area contributed by atoms with Gasteiger partial charge in [-0.15, -0.1) is 0 Å². The van der Waals surface area contributed by atoms with Gasteiger partial charge < -0.3 is 10.8 Å². The number of nitrogens with two attached hydrogens (primary N) is 1. The third kappa shape index (κ3) is 2.09. The van der Waals surface area contributed by atoms with Crippen LogP contribution in [-0.2, 0) is 10.2 Å². The third-order valence-electron chi connectivity index (χ3n) is 5.37. The molecule has 0 atom stereocenters. The summed E-state index contributed by atoms with van der Waals surface area (Å²) in [5, 5.41) is 9.77. The van der Waals surface area contributed by atoms with E-state index in [0.29, 0.717) is 5.69 Å². The number of benzene rings is 1. The van der Waals surface area contributed by atoms with Crippen LogP contribution in [0.4, 0.5) is 5.69 Å². The van der Waals surface area contributed by atoms with Crippen molar-refractivity contribution in [1.82, 2.24) is 0 Å². The lowest BCUT2D eigenvalue weighted by Gasteiger charge is -2.54. The van der Waals surface area contributed by atoms with Crippen molar-refractivity contribution in [1.29, 1.82) is 0 Å². The fraction of sp³-hybridized carbons (Fsp3) is 0.588. The predicted octanol–water partition coefficient (Wildman–Crippen LogP) is 3.73. The van der Waals surface area contributed by atoms with E-state index in [4.69, 9.17) is 5.73 Å². The molecular weight excluding hydrogens is 250 g/mol. The summed E-state index contributed by atoms with van der Waals surface area (Å²) < 4.78 is 0. The van der Waals surface area contributed by atoms with Gasteiger partial charge in [-0.2, -0.15) is 0 Å². The van der Waals surface area contributed by atoms with E-state index in [2.05, 4.69) is 0 Å². The maximum Gasteiger partial charge on any atom is 0.314 e. The molecule has 0 unspecified atom stereocenters. The first kappa shape index (κ1) is 13.5. The van der Waals surface area contributed by atoms with Gasteiger partial charge in [0, 0.05) is 5.69 Å². The summed E-state index contributed by atoms with van der Waals surface area (Å²) in [4.78, 5) is 11.9. The first-order valence-corrected chi connectivity index (χ1v) is 7.66. The van der Waals surface area contributed by atoms with Crippen molar-refractivity contribution in [3.05, 3.63) is 29.8 Å². The van der Waals surface area contributed by atoms with Crippen LogP contribution in [0.3, 0.4) is 0 Å². The molecule has 2 aliphatic rings. The fourth-order valence-electron chi connectivity index (χ4n) is 4.38. The SMILES string of the molecule is Nc1cccc(C2(C(=O)O)CC3(CCCCCC3)C2)c1. The van der Waals surface area contributed by atoms with Crippen LogP contribution in [0.1, 0.15) is 56.9 Å². The van der Waals surface area contributed by atoms with E-state index >= 15 is 0 Å². The second kappa shape index (κ2) is 4.80. The monoisotopic (exact) mass is 273 g/mol. The van der Waals surface area contributed by atoms with Crippen LogP contribution >= 0.6 is 0 Å². The molecule has 20 heavy (non-hydrogen) atoms. The molecule has 1 aromatic rings. The van der Waals surface area contributed by atoms with Gasteiger partial charge in [-0.05, 0) is 48.8 Å². The first-order chi connectivity index (χ1) is 9.56. The largest absolute Gasteiger partial charge is 0.481 e. The number of anilines is 1. The zero-order valence-electron chi connectivity index (χ0n) is 11.9. The van der Waals surface area contributed by atoms with Crippen molar-refractivity contribution >= 4 is 11.7 Å². The molecule has 0 saturated heterocycles. The Labute approximate surface area is 120 Å². The van der Waals surface area contributed by atoms with Gasteiger partial charge in [0.05, 0.1) is 5.41 Å². The summed E-state index contributed by atoms with van der Waals surface area (Å²) in [6, 6.07) is 7.46. The maximum atomic E-state index is 11.9. The van der Waals surface area contributed by atoms with Gasteiger partial charge >= 0.3 is 5.97 Å². The van der Waals surface area contributed by atoms with E-state index in [1.54, 1.807) is 0 Å². The number of carboxylic acids is 1. The summed E-state index contributed by atoms with van der Waals surface area (Å²) in [5.74, 6) is -0.682. The summed E-state index contributed by atoms with van der Waals surface area (Å²) in [6.45, 7) is 0. The number of nitrogen functional groups attached to an aromatic ring is 1. The van der Waals surface area contributed by atoms with Crippen LogP contribution in [0, 0.1) is 5.41 Å². The highest BCUT2D eigenvalue weighted by Crippen LogP contribution is 2.61. The number of carbonyl (C=O) groups is 1. The summed E-state index contributed by atoms with van der Waals surface area (Å²) in [5.41, 5.74) is 6.96. The summed E-state index contributed by atoms with van der Waals surface area (Å²) in [6.07, 6.45) is 9.10. The van der Waals surface area contributed by atoms with E-state index in [1.165, 1.54) is 38.5 Å². The average Bonchev–Trinajstić information content (AvgIpc) is 2.61. The van der Waals surface area contributed by atoms with Crippen LogP contribution in [0.5, 0.6) is 0 Å². The molecule has 0 amide bonds. The molecule has 3 N–H and O–H groups in total. The van der Waals surface area contributed by atoms with Gasteiger partial charge in [-0.3, -0.25) is 4.79 Å². The maximum absolute atomic E-state index is 11.9. The Morgan fingerprint density at radius 3 is 2.30 bits per heavy atom. The van der Waals surface area contributed by atoms with Crippen molar-refractivity contribution in [2.45, 2.75) is 56.8 Å². The van der Waals surface area contributed by atoms with E-state index < -0.39 is 11.4 Å². The summed E-state index contributed by atoms with van der Waals surface area (Å²) >= 11 is 0. The minimum atomic E-state index is -0.695. The molecule has 2 saturated carbocycles. The molecule has 2 fully saturated rings. The molecule has 0 bridgehead atoms. The second-order valence-electron chi connectivity index (χ2n) is 6.78. The van der Waals surface area contributed by atoms with Crippen molar-refractivity contribution in [3.63, 3.8) is 0 Å². The molecule has 0 aliphatic heterocycles. The van der Waals surface area contributed by atoms with Crippen LogP contribution in [0.15, 0.2) is 24.3 Å². The molecule has 3 heteroatoms. The first-order valence-electron chi connectivity index (χ1n) is 7.66. The Bertz CT molecular complexity index is 507. The minimum absolute atomic E-state index is 0.277. The second-order valence-corrected chi connectivity index (χ2v) is 6.78.